The Balaban J connectivity index is 1.75. The molecule has 0 saturated heterocycles. The molecule has 1 N–H and O–H groups in total. The summed E-state index contributed by atoms with van der Waals surface area (Å²) in [6.07, 6.45) is 4.37. The van der Waals surface area contributed by atoms with Crippen LogP contribution in [0.3, 0.4) is 0 Å². The predicted molar refractivity (Wildman–Crippen MR) is 96.3 cm³/mol. The van der Waals surface area contributed by atoms with Crippen molar-refractivity contribution in [1.29, 1.82) is 0 Å². The second-order valence-electron chi connectivity index (χ2n) is 6.34. The lowest BCUT2D eigenvalue weighted by Crippen LogP contribution is -2.13. The van der Waals surface area contributed by atoms with Gasteiger partial charge in [0, 0.05) is 19.2 Å². The van der Waals surface area contributed by atoms with Gasteiger partial charge < -0.3 is 4.74 Å². The first kappa shape index (κ1) is 19.9. The van der Waals surface area contributed by atoms with E-state index in [1.807, 2.05) is 24.3 Å². The van der Waals surface area contributed by atoms with E-state index in [0.717, 1.165) is 24.5 Å². The van der Waals surface area contributed by atoms with Gasteiger partial charge in [0.1, 0.15) is 6.61 Å². The van der Waals surface area contributed by atoms with Gasteiger partial charge in [-0.25, -0.2) is 13.6 Å². The Morgan fingerprint density at radius 3 is 2.69 bits per heavy atom. The fourth-order valence-corrected chi connectivity index (χ4v) is 2.60. The number of benzene rings is 1. The van der Waals surface area contributed by atoms with Crippen molar-refractivity contribution in [2.45, 2.75) is 58.6 Å². The summed E-state index contributed by atoms with van der Waals surface area (Å²) < 4.78 is 32.4. The molecule has 2 rings (SSSR count). The Hall–Kier alpha value is -2.44. The number of nitrogens with zero attached hydrogens (tertiary/aromatic N) is 2. The Kier molecular flexibility index (Phi) is 7.12. The molecule has 0 saturated carbocycles. The van der Waals surface area contributed by atoms with Crippen LogP contribution in [0, 0.1) is 0 Å². The molecule has 0 fully saturated rings. The average Bonchev–Trinajstić information content (AvgIpc) is 3.03. The zero-order valence-corrected chi connectivity index (χ0v) is 15.2. The number of unbranched alkanes of at least 4 members (excludes halogenated alkanes) is 1. The zero-order valence-electron chi connectivity index (χ0n) is 15.2. The molecule has 7 heteroatoms. The van der Waals surface area contributed by atoms with Crippen molar-refractivity contribution in [3.63, 3.8) is 0 Å². The minimum Gasteiger partial charge on any atom is -0.444 e. The molecule has 1 aromatic carbocycles. The van der Waals surface area contributed by atoms with Gasteiger partial charge in [0.05, 0.1) is 11.9 Å². The number of amides is 1. The highest BCUT2D eigenvalue weighted by Gasteiger charge is 2.19. The largest absolute Gasteiger partial charge is 0.444 e. The van der Waals surface area contributed by atoms with Crippen LogP contribution >= 0.6 is 0 Å². The number of nitrogens with one attached hydrogen (secondary N) is 1. The van der Waals surface area contributed by atoms with Gasteiger partial charge in [-0.15, -0.1) is 0 Å². The third kappa shape index (κ3) is 6.82. The van der Waals surface area contributed by atoms with E-state index in [1.165, 1.54) is 6.20 Å². The molecule has 142 valence electrons. The number of hydrogen-bond acceptors (Lipinski definition) is 3. The number of aromatic nitrogens is 2. The van der Waals surface area contributed by atoms with Crippen molar-refractivity contribution in [2.75, 3.05) is 5.32 Å². The summed E-state index contributed by atoms with van der Waals surface area (Å²) in [5.74, 6) is -2.63. The van der Waals surface area contributed by atoms with E-state index in [9.17, 15) is 13.6 Å². The maximum Gasteiger partial charge on any atom is 0.412 e. The molecule has 0 aliphatic heterocycles. The van der Waals surface area contributed by atoms with Gasteiger partial charge >= 0.3 is 6.09 Å². The lowest BCUT2D eigenvalue weighted by molar-refractivity contribution is 0.0102. The maximum atomic E-state index is 12.8. The van der Waals surface area contributed by atoms with E-state index >= 15 is 0 Å². The number of aryl methyl sites for hydroxylation is 2. The highest BCUT2D eigenvalue weighted by atomic mass is 19.3. The van der Waals surface area contributed by atoms with E-state index in [-0.39, 0.29) is 13.0 Å². The molecule has 0 bridgehead atoms. The van der Waals surface area contributed by atoms with Gasteiger partial charge in [-0.05, 0) is 37.3 Å². The van der Waals surface area contributed by atoms with E-state index in [4.69, 9.17) is 4.74 Å². The van der Waals surface area contributed by atoms with Crippen molar-refractivity contribution < 1.29 is 18.3 Å². The van der Waals surface area contributed by atoms with E-state index in [1.54, 1.807) is 10.9 Å². The molecule has 5 nitrogen and oxygen atoms in total. The second kappa shape index (κ2) is 9.31. The molecule has 0 aliphatic carbocycles. The van der Waals surface area contributed by atoms with Crippen LogP contribution in [0.25, 0.3) is 0 Å². The number of anilines is 1. The van der Waals surface area contributed by atoms with E-state index in [0.29, 0.717) is 25.1 Å². The monoisotopic (exact) mass is 365 g/mol. The smallest absolute Gasteiger partial charge is 0.412 e. The summed E-state index contributed by atoms with van der Waals surface area (Å²) in [4.78, 5) is 11.9. The zero-order chi connectivity index (χ0) is 19.0. The third-order valence-corrected chi connectivity index (χ3v) is 3.99. The van der Waals surface area contributed by atoms with Gasteiger partial charge in [0.25, 0.3) is 0 Å². The van der Waals surface area contributed by atoms with Crippen LogP contribution in [0.1, 0.15) is 44.2 Å². The Labute approximate surface area is 152 Å². The number of hydrogen-bond donors (Lipinski definition) is 1. The fraction of sp³-hybridized carbons (Fsp3) is 0.474. The Bertz CT molecular complexity index is 711. The molecule has 1 heterocycles. The highest BCUT2D eigenvalue weighted by Crippen LogP contribution is 2.20. The minimum absolute atomic E-state index is 0.134. The lowest BCUT2D eigenvalue weighted by Gasteiger charge is -2.09. The van der Waals surface area contributed by atoms with Crippen LogP contribution in [0.5, 0.6) is 0 Å². The van der Waals surface area contributed by atoms with Crippen molar-refractivity contribution in [3.05, 3.63) is 47.8 Å². The first-order valence-electron chi connectivity index (χ1n) is 8.78. The number of ether oxygens (including phenoxy) is 1. The first-order chi connectivity index (χ1) is 12.4. The van der Waals surface area contributed by atoms with Gasteiger partial charge in [-0.1, -0.05) is 31.2 Å². The topological polar surface area (TPSA) is 56.1 Å². The van der Waals surface area contributed by atoms with Crippen LogP contribution in [0.4, 0.5) is 19.3 Å². The molecule has 1 aromatic heterocycles. The molecule has 0 aliphatic rings. The Morgan fingerprint density at radius 1 is 1.27 bits per heavy atom. The number of rotatable bonds is 9. The summed E-state index contributed by atoms with van der Waals surface area (Å²) in [5, 5.41) is 6.73. The molecule has 2 aromatic rings. The van der Waals surface area contributed by atoms with Gasteiger partial charge in [-0.2, -0.15) is 5.10 Å². The molecular formula is C19H25F2N3O2. The number of alkyl halides is 2. The SMILES string of the molecule is CCc1ccccc1COC(=O)Nc1cnn(CCCCC(C)(F)F)c1. The standard InChI is InChI=1S/C19H25F2N3O2/c1-3-15-8-4-5-9-16(15)14-26-18(25)23-17-12-22-24(13-17)11-7-6-10-19(2,20)21/h4-5,8-9,12-13H,3,6-7,10-11,14H2,1-2H3,(H,23,25). The molecule has 0 spiro atoms. The molecule has 26 heavy (non-hydrogen) atoms. The van der Waals surface area contributed by atoms with E-state index in [2.05, 4.69) is 17.3 Å². The fourth-order valence-electron chi connectivity index (χ4n) is 2.60. The van der Waals surface area contributed by atoms with Gasteiger partial charge in [-0.3, -0.25) is 10.00 Å². The number of carbonyl (C=O) groups is 1. The van der Waals surface area contributed by atoms with Gasteiger partial charge in [0.2, 0.25) is 5.92 Å². The first-order valence-corrected chi connectivity index (χ1v) is 8.78. The van der Waals surface area contributed by atoms with Crippen LogP contribution in [-0.4, -0.2) is 21.8 Å². The van der Waals surface area contributed by atoms with Crippen molar-refractivity contribution >= 4 is 11.8 Å². The van der Waals surface area contributed by atoms with Crippen LogP contribution in [-0.2, 0) is 24.3 Å². The third-order valence-electron chi connectivity index (χ3n) is 3.99. The summed E-state index contributed by atoms with van der Waals surface area (Å²) in [5.41, 5.74) is 2.64. The minimum atomic E-state index is -2.63. The molecule has 0 atom stereocenters. The number of halogens is 2. The summed E-state index contributed by atoms with van der Waals surface area (Å²) in [6.45, 7) is 3.70. The van der Waals surface area contributed by atoms with Crippen molar-refractivity contribution in [2.24, 2.45) is 0 Å². The Morgan fingerprint density at radius 2 is 2.00 bits per heavy atom. The summed E-state index contributed by atoms with van der Waals surface area (Å²) in [6, 6.07) is 7.81. The highest BCUT2D eigenvalue weighted by molar-refractivity contribution is 5.84. The van der Waals surface area contributed by atoms with E-state index < -0.39 is 12.0 Å². The van der Waals surface area contributed by atoms with Crippen molar-refractivity contribution in [1.82, 2.24) is 9.78 Å². The molecular weight excluding hydrogens is 340 g/mol. The molecule has 0 radical (unpaired) electrons. The molecule has 1 amide bonds. The molecule has 0 unspecified atom stereocenters. The van der Waals surface area contributed by atoms with Crippen LogP contribution in [0.2, 0.25) is 0 Å². The normalized spacial score (nSPS) is 11.4. The average molecular weight is 365 g/mol. The van der Waals surface area contributed by atoms with Crippen LogP contribution in [0.15, 0.2) is 36.7 Å². The summed E-state index contributed by atoms with van der Waals surface area (Å²) in [7, 11) is 0. The van der Waals surface area contributed by atoms with Crippen molar-refractivity contribution in [3.8, 4) is 0 Å². The van der Waals surface area contributed by atoms with Gasteiger partial charge in [0.15, 0.2) is 0 Å². The quantitative estimate of drug-likeness (QED) is 0.635. The maximum absolute atomic E-state index is 12.8. The second-order valence-corrected chi connectivity index (χ2v) is 6.34. The van der Waals surface area contributed by atoms with Crippen LogP contribution < -0.4 is 5.32 Å². The number of carbonyl (C=O) groups excluding carboxylic acids is 1. The lowest BCUT2D eigenvalue weighted by atomic mass is 10.1. The predicted octanol–water partition coefficient (Wildman–Crippen LogP) is 5.02. The summed E-state index contributed by atoms with van der Waals surface area (Å²) >= 11 is 0.